The van der Waals surface area contributed by atoms with Crippen LogP contribution >= 0.6 is 0 Å². The summed E-state index contributed by atoms with van der Waals surface area (Å²) in [5.74, 6) is 0.671. The molecule has 2 fully saturated rings. The van der Waals surface area contributed by atoms with Crippen molar-refractivity contribution in [3.8, 4) is 0 Å². The Labute approximate surface area is 212 Å². The summed E-state index contributed by atoms with van der Waals surface area (Å²) in [5.41, 5.74) is 1.66. The van der Waals surface area contributed by atoms with E-state index in [1.165, 1.54) is 51.5 Å². The first-order valence-corrected chi connectivity index (χ1v) is 13.2. The van der Waals surface area contributed by atoms with Gasteiger partial charge in [0, 0.05) is 44.8 Å². The number of nitrogens with zero attached hydrogens (tertiary/aromatic N) is 5. The summed E-state index contributed by atoms with van der Waals surface area (Å²) < 4.78 is 18.9. The molecule has 1 N–H and O–H groups in total. The van der Waals surface area contributed by atoms with Crippen molar-refractivity contribution in [2.75, 3.05) is 56.7 Å². The van der Waals surface area contributed by atoms with E-state index in [-0.39, 0.29) is 5.56 Å². The van der Waals surface area contributed by atoms with Crippen molar-refractivity contribution in [2.45, 2.75) is 50.6 Å². The highest BCUT2D eigenvalue weighted by atomic mass is 19.1. The quantitative estimate of drug-likeness (QED) is 0.609. The van der Waals surface area contributed by atoms with Crippen molar-refractivity contribution in [1.29, 1.82) is 0 Å². The Hall–Kier alpha value is -2.78. The van der Waals surface area contributed by atoms with Crippen molar-refractivity contribution in [3.63, 3.8) is 0 Å². The molecule has 0 unspecified atom stereocenters. The zero-order chi connectivity index (χ0) is 25.1. The number of carbonyl (C=O) groups excluding carboxylic acids is 1. The van der Waals surface area contributed by atoms with Gasteiger partial charge in [0.05, 0.1) is 24.6 Å². The third-order valence-corrected chi connectivity index (χ3v) is 8.22. The first kappa shape index (κ1) is 24.9. The number of benzene rings is 1. The molecule has 3 aliphatic rings. The van der Waals surface area contributed by atoms with Gasteiger partial charge >= 0.3 is 5.97 Å². The second-order valence-corrected chi connectivity index (χ2v) is 10.3. The summed E-state index contributed by atoms with van der Waals surface area (Å²) >= 11 is 0. The van der Waals surface area contributed by atoms with Crippen LogP contribution in [-0.2, 0) is 4.74 Å². The number of likely N-dealkylation sites (tertiary alicyclic amines) is 1. The number of hydrogen-bond acceptors (Lipinski definition) is 8. The second-order valence-electron chi connectivity index (χ2n) is 10.3. The molecule has 1 aromatic carbocycles. The summed E-state index contributed by atoms with van der Waals surface area (Å²) in [6.07, 6.45) is 10.8. The molecule has 36 heavy (non-hydrogen) atoms. The first-order valence-electron chi connectivity index (χ1n) is 13.2. The minimum absolute atomic E-state index is 0.206. The monoisotopic (exact) mass is 496 g/mol. The summed E-state index contributed by atoms with van der Waals surface area (Å²) in [6, 6.07) is 5.37. The topological polar surface area (TPSA) is 73.8 Å². The SMILES string of the molecule is CNC1CCC(CN2CCC(N3CCN(c4ccc(F)cc4C(=O)OC)c4cncnc43)CC2)CC1. The number of anilines is 3. The molecule has 0 bridgehead atoms. The Bertz CT molecular complexity index is 1050. The molecule has 5 rings (SSSR count). The van der Waals surface area contributed by atoms with Crippen LogP contribution < -0.4 is 15.1 Å². The van der Waals surface area contributed by atoms with Crippen molar-refractivity contribution >= 4 is 23.2 Å². The molecule has 8 nitrogen and oxygen atoms in total. The Kier molecular flexibility index (Phi) is 7.67. The zero-order valence-corrected chi connectivity index (χ0v) is 21.3. The van der Waals surface area contributed by atoms with Crippen molar-refractivity contribution in [2.24, 2.45) is 5.92 Å². The summed E-state index contributed by atoms with van der Waals surface area (Å²) in [5, 5.41) is 3.43. The molecule has 194 valence electrons. The van der Waals surface area contributed by atoms with Gasteiger partial charge in [-0.1, -0.05) is 0 Å². The molecule has 1 saturated heterocycles. The smallest absolute Gasteiger partial charge is 0.340 e. The highest BCUT2D eigenvalue weighted by molar-refractivity contribution is 5.97. The van der Waals surface area contributed by atoms with Gasteiger partial charge in [0.15, 0.2) is 5.82 Å². The predicted molar refractivity (Wildman–Crippen MR) is 138 cm³/mol. The minimum atomic E-state index is -0.558. The lowest BCUT2D eigenvalue weighted by molar-refractivity contribution is 0.0601. The number of halogens is 1. The molecule has 1 saturated carbocycles. The van der Waals surface area contributed by atoms with E-state index in [4.69, 9.17) is 4.74 Å². The van der Waals surface area contributed by atoms with Crippen LogP contribution in [0.1, 0.15) is 48.9 Å². The van der Waals surface area contributed by atoms with Crippen molar-refractivity contribution in [3.05, 3.63) is 42.1 Å². The molecule has 0 amide bonds. The predicted octanol–water partition coefficient (Wildman–Crippen LogP) is 3.60. The molecule has 0 atom stereocenters. The van der Waals surface area contributed by atoms with E-state index in [0.29, 0.717) is 24.3 Å². The van der Waals surface area contributed by atoms with Crippen molar-refractivity contribution in [1.82, 2.24) is 20.2 Å². The number of carbonyl (C=O) groups is 1. The molecule has 2 aromatic rings. The van der Waals surface area contributed by atoms with Crippen LogP contribution in [0.5, 0.6) is 0 Å². The molecule has 2 aliphatic heterocycles. The number of esters is 1. The number of aromatic nitrogens is 2. The van der Waals surface area contributed by atoms with E-state index in [9.17, 15) is 9.18 Å². The fourth-order valence-corrected chi connectivity index (χ4v) is 6.20. The van der Waals surface area contributed by atoms with Gasteiger partial charge in [-0.2, -0.15) is 0 Å². The molecule has 0 radical (unpaired) electrons. The van der Waals surface area contributed by atoms with Gasteiger partial charge in [-0.05, 0) is 69.7 Å². The number of nitrogens with one attached hydrogen (secondary N) is 1. The van der Waals surface area contributed by atoms with Gasteiger partial charge < -0.3 is 24.8 Å². The Morgan fingerprint density at radius 3 is 2.58 bits per heavy atom. The van der Waals surface area contributed by atoms with E-state index in [1.54, 1.807) is 18.6 Å². The van der Waals surface area contributed by atoms with Crippen LogP contribution in [0.25, 0.3) is 0 Å². The lowest BCUT2D eigenvalue weighted by atomic mass is 9.85. The number of methoxy groups -OCH3 is 1. The molecule has 9 heteroatoms. The summed E-state index contributed by atoms with van der Waals surface area (Å²) in [7, 11) is 3.39. The lowest BCUT2D eigenvalue weighted by Crippen LogP contribution is -2.50. The van der Waals surface area contributed by atoms with E-state index < -0.39 is 11.8 Å². The maximum atomic E-state index is 14.0. The highest BCUT2D eigenvalue weighted by Gasteiger charge is 2.34. The number of fused-ring (bicyclic) bond motifs is 1. The van der Waals surface area contributed by atoms with Gasteiger partial charge in [-0.3, -0.25) is 0 Å². The first-order chi connectivity index (χ1) is 17.6. The molecule has 1 aromatic heterocycles. The number of ether oxygens (including phenoxy) is 1. The maximum absolute atomic E-state index is 14.0. The highest BCUT2D eigenvalue weighted by Crippen LogP contribution is 2.39. The van der Waals surface area contributed by atoms with E-state index in [2.05, 4.69) is 32.1 Å². The fraction of sp³-hybridized carbons (Fsp3) is 0.593. The van der Waals surface area contributed by atoms with Crippen LogP contribution in [0.2, 0.25) is 0 Å². The second kappa shape index (κ2) is 11.1. The van der Waals surface area contributed by atoms with Gasteiger partial charge in [0.25, 0.3) is 0 Å². The zero-order valence-electron chi connectivity index (χ0n) is 21.3. The van der Waals surface area contributed by atoms with Crippen LogP contribution in [0, 0.1) is 11.7 Å². The van der Waals surface area contributed by atoms with Gasteiger partial charge in [-0.15, -0.1) is 0 Å². The molecule has 0 spiro atoms. The number of piperidine rings is 1. The average molecular weight is 497 g/mol. The fourth-order valence-electron chi connectivity index (χ4n) is 6.20. The van der Waals surface area contributed by atoms with Crippen LogP contribution in [0.4, 0.5) is 21.6 Å². The van der Waals surface area contributed by atoms with Crippen LogP contribution in [-0.4, -0.2) is 79.8 Å². The number of rotatable bonds is 6. The largest absolute Gasteiger partial charge is 0.465 e. The Balaban J connectivity index is 1.27. The minimum Gasteiger partial charge on any atom is -0.465 e. The average Bonchev–Trinajstić information content (AvgIpc) is 2.93. The Morgan fingerprint density at radius 1 is 1.08 bits per heavy atom. The normalized spacial score (nSPS) is 23.4. The third-order valence-electron chi connectivity index (χ3n) is 8.22. The van der Waals surface area contributed by atoms with E-state index in [0.717, 1.165) is 49.9 Å². The third kappa shape index (κ3) is 5.18. The summed E-state index contributed by atoms with van der Waals surface area (Å²) in [4.78, 5) is 28.4. The van der Waals surface area contributed by atoms with E-state index >= 15 is 0 Å². The molecular weight excluding hydrogens is 459 g/mol. The number of hydrogen-bond donors (Lipinski definition) is 1. The molecule has 3 heterocycles. The standard InChI is InChI=1S/C27H37FN6O2/c1-29-21-6-3-19(4-7-21)17-32-11-9-22(10-12-32)33-13-14-34(25-16-30-18-31-26(25)33)24-8-5-20(28)15-23(24)27(35)36-2/h5,8,15-16,18-19,21-22,29H,3-4,6-7,9-14,17H2,1-2H3. The molecular formula is C27H37FN6O2. The maximum Gasteiger partial charge on any atom is 0.340 e. The Morgan fingerprint density at radius 2 is 1.86 bits per heavy atom. The van der Waals surface area contributed by atoms with Crippen LogP contribution in [0.3, 0.4) is 0 Å². The van der Waals surface area contributed by atoms with Crippen LogP contribution in [0.15, 0.2) is 30.7 Å². The van der Waals surface area contributed by atoms with E-state index in [1.807, 2.05) is 4.90 Å². The van der Waals surface area contributed by atoms with Crippen molar-refractivity contribution < 1.29 is 13.9 Å². The van der Waals surface area contributed by atoms with Gasteiger partial charge in [0.1, 0.15) is 17.8 Å². The van der Waals surface area contributed by atoms with Gasteiger partial charge in [0.2, 0.25) is 0 Å². The molecule has 1 aliphatic carbocycles. The van der Waals surface area contributed by atoms with Gasteiger partial charge in [-0.25, -0.2) is 19.2 Å². The lowest BCUT2D eigenvalue weighted by Gasteiger charge is -2.45. The summed E-state index contributed by atoms with van der Waals surface area (Å²) in [6.45, 7) is 4.88.